The van der Waals surface area contributed by atoms with Crippen LogP contribution in [-0.2, 0) is 9.57 Å². The van der Waals surface area contributed by atoms with Crippen LogP contribution in [0, 0.1) is 0 Å². The molecule has 3 heterocycles. The number of esters is 1. The molecule has 2 atom stereocenters. The maximum atomic E-state index is 13.0. The van der Waals surface area contributed by atoms with Crippen LogP contribution >= 0.6 is 27.5 Å². The summed E-state index contributed by atoms with van der Waals surface area (Å²) in [6.45, 7) is 10.2. The van der Waals surface area contributed by atoms with E-state index in [1.807, 2.05) is 43.0 Å². The maximum Gasteiger partial charge on any atom is 0.358 e. The van der Waals surface area contributed by atoms with Crippen molar-refractivity contribution in [2.45, 2.75) is 59.2 Å². The predicted molar refractivity (Wildman–Crippen MR) is 136 cm³/mol. The van der Waals surface area contributed by atoms with Gasteiger partial charge in [-0.2, -0.15) is 0 Å². The van der Waals surface area contributed by atoms with Crippen molar-refractivity contribution < 1.29 is 14.4 Å². The number of allylic oxidation sites excluding steroid dienone is 2. The molecule has 0 bridgehead atoms. The molecule has 7 nitrogen and oxygen atoms in total. The number of benzene rings is 1. The van der Waals surface area contributed by atoms with Crippen molar-refractivity contribution in [3.05, 3.63) is 74.4 Å². The third-order valence-corrected chi connectivity index (χ3v) is 6.76. The third-order valence-electron chi connectivity index (χ3n) is 5.95. The lowest BCUT2D eigenvalue weighted by atomic mass is 9.86. The molecule has 0 saturated carbocycles. The number of amidine groups is 1. The highest BCUT2D eigenvalue weighted by Gasteiger charge is 2.34. The minimum atomic E-state index is -0.433. The summed E-state index contributed by atoms with van der Waals surface area (Å²) in [6.07, 6.45) is 4.63. The Morgan fingerprint density at radius 3 is 2.62 bits per heavy atom. The first-order valence-corrected chi connectivity index (χ1v) is 12.5. The molecule has 2 aliphatic heterocycles. The van der Waals surface area contributed by atoms with Crippen LogP contribution in [0.4, 0.5) is 0 Å². The summed E-state index contributed by atoms with van der Waals surface area (Å²) in [5.41, 5.74) is 4.31. The lowest BCUT2D eigenvalue weighted by Crippen LogP contribution is -2.33. The highest BCUT2D eigenvalue weighted by molar-refractivity contribution is 9.10. The molecular weight excluding hydrogens is 520 g/mol. The molecule has 4 rings (SSSR count). The number of oxime groups is 1. The number of imidazole rings is 1. The van der Waals surface area contributed by atoms with Crippen molar-refractivity contribution in [2.75, 3.05) is 6.61 Å². The van der Waals surface area contributed by atoms with Crippen LogP contribution in [0.5, 0.6) is 0 Å². The zero-order valence-corrected chi connectivity index (χ0v) is 22.2. The van der Waals surface area contributed by atoms with E-state index in [-0.39, 0.29) is 24.8 Å². The molecule has 0 N–H and O–H groups in total. The Hall–Kier alpha value is -2.58. The van der Waals surface area contributed by atoms with Gasteiger partial charge in [0.2, 0.25) is 6.23 Å². The summed E-state index contributed by atoms with van der Waals surface area (Å²) in [6, 6.07) is 7.81. The molecular formula is C25H28BrClN4O3. The van der Waals surface area contributed by atoms with Gasteiger partial charge in [-0.15, -0.1) is 0 Å². The third kappa shape index (κ3) is 4.66. The zero-order valence-electron chi connectivity index (χ0n) is 19.9. The molecule has 2 aromatic rings. The number of carbonyl (C=O) groups excluding carboxylic acids is 1. The second-order valence-electron chi connectivity index (χ2n) is 8.70. The Kier molecular flexibility index (Phi) is 7.19. The van der Waals surface area contributed by atoms with Gasteiger partial charge in [-0.25, -0.2) is 9.78 Å². The molecule has 0 radical (unpaired) electrons. The Balaban J connectivity index is 1.86. The van der Waals surface area contributed by atoms with Crippen LogP contribution in [0.15, 0.2) is 57.6 Å². The number of aromatic nitrogens is 2. The van der Waals surface area contributed by atoms with Gasteiger partial charge in [0.25, 0.3) is 0 Å². The summed E-state index contributed by atoms with van der Waals surface area (Å²) in [7, 11) is 0. The number of nitrogens with zero attached hydrogens (tertiary/aromatic N) is 4. The van der Waals surface area contributed by atoms with E-state index in [0.29, 0.717) is 21.9 Å². The van der Waals surface area contributed by atoms with Crippen LogP contribution in [0.3, 0.4) is 0 Å². The number of halogens is 2. The Morgan fingerprint density at radius 2 is 1.97 bits per heavy atom. The Labute approximate surface area is 213 Å². The van der Waals surface area contributed by atoms with Crippen LogP contribution in [0.25, 0.3) is 0 Å². The van der Waals surface area contributed by atoms with Crippen molar-refractivity contribution in [2.24, 2.45) is 5.16 Å². The van der Waals surface area contributed by atoms with Gasteiger partial charge in [0.05, 0.1) is 12.3 Å². The van der Waals surface area contributed by atoms with Gasteiger partial charge >= 0.3 is 5.97 Å². The molecule has 2 unspecified atom stereocenters. The van der Waals surface area contributed by atoms with E-state index in [4.69, 9.17) is 21.2 Å². The number of hydrogen-bond donors (Lipinski definition) is 0. The summed E-state index contributed by atoms with van der Waals surface area (Å²) in [4.78, 5) is 25.1. The number of carbonyl (C=O) groups is 1. The molecule has 180 valence electrons. The van der Waals surface area contributed by atoms with Gasteiger partial charge in [0.1, 0.15) is 5.84 Å². The quantitative estimate of drug-likeness (QED) is 0.375. The first-order valence-electron chi connectivity index (χ1n) is 11.3. The van der Waals surface area contributed by atoms with E-state index in [0.717, 1.165) is 28.2 Å². The van der Waals surface area contributed by atoms with E-state index in [2.05, 4.69) is 56.8 Å². The molecule has 0 spiro atoms. The minimum absolute atomic E-state index is 0.0678. The van der Waals surface area contributed by atoms with Crippen molar-refractivity contribution >= 4 is 39.3 Å². The Bertz CT molecular complexity index is 1180. The average Bonchev–Trinajstić information content (AvgIpc) is 3.33. The molecule has 1 aromatic heterocycles. The van der Waals surface area contributed by atoms with E-state index in [1.165, 1.54) is 0 Å². The van der Waals surface area contributed by atoms with E-state index in [1.54, 1.807) is 6.92 Å². The standard InChI is InChI=1S/C25H28BrClN4O3/c1-6-33-24(32)21-22(31(14(2)3)25(26)28-21)20(18-7-9-19(27)10-8-18)12-17-11-15(4)23-30(13-17)16(5)29-34-23/h7-11,13-14,20,23H,6,12H2,1-5H3. The predicted octanol–water partition coefficient (Wildman–Crippen LogP) is 6.41. The lowest BCUT2D eigenvalue weighted by Gasteiger charge is -2.29. The molecule has 0 amide bonds. The normalized spacial score (nSPS) is 18.2. The average molecular weight is 548 g/mol. The zero-order chi connectivity index (χ0) is 24.6. The van der Waals surface area contributed by atoms with Crippen LogP contribution in [0.2, 0.25) is 5.02 Å². The fourth-order valence-electron chi connectivity index (χ4n) is 4.44. The first-order chi connectivity index (χ1) is 16.2. The first kappa shape index (κ1) is 24.5. The molecule has 34 heavy (non-hydrogen) atoms. The van der Waals surface area contributed by atoms with Gasteiger partial charge in [-0.3, -0.25) is 4.90 Å². The number of fused-ring (bicyclic) bond motifs is 1. The van der Waals surface area contributed by atoms with Gasteiger partial charge < -0.3 is 14.1 Å². The summed E-state index contributed by atoms with van der Waals surface area (Å²) in [5, 5.41) is 4.79. The fourth-order valence-corrected chi connectivity index (χ4v) is 5.35. The van der Waals surface area contributed by atoms with Crippen LogP contribution in [-0.4, -0.2) is 39.1 Å². The topological polar surface area (TPSA) is 69.0 Å². The number of rotatable bonds is 7. The van der Waals surface area contributed by atoms with Gasteiger partial charge in [-0.05, 0) is 85.8 Å². The van der Waals surface area contributed by atoms with E-state index < -0.39 is 5.97 Å². The lowest BCUT2D eigenvalue weighted by molar-refractivity contribution is 0.0518. The van der Waals surface area contributed by atoms with Crippen LogP contribution < -0.4 is 0 Å². The van der Waals surface area contributed by atoms with Crippen molar-refractivity contribution in [3.63, 3.8) is 0 Å². The SMILES string of the molecule is CCOC(=O)c1nc(Br)n(C(C)C)c1C(CC1=CN2C(C)=NOC2C(C)=C1)c1ccc(Cl)cc1. The number of hydrogen-bond acceptors (Lipinski definition) is 6. The monoisotopic (exact) mass is 546 g/mol. The smallest absolute Gasteiger partial charge is 0.358 e. The molecule has 9 heteroatoms. The second kappa shape index (κ2) is 9.96. The van der Waals surface area contributed by atoms with E-state index >= 15 is 0 Å². The van der Waals surface area contributed by atoms with Gasteiger partial charge in [0.15, 0.2) is 10.4 Å². The van der Waals surface area contributed by atoms with Gasteiger partial charge in [-0.1, -0.05) is 35.0 Å². The second-order valence-corrected chi connectivity index (χ2v) is 9.85. The summed E-state index contributed by atoms with van der Waals surface area (Å²) in [5.74, 6) is 0.197. The summed E-state index contributed by atoms with van der Waals surface area (Å²) >= 11 is 9.78. The molecule has 2 aliphatic rings. The Morgan fingerprint density at radius 1 is 1.26 bits per heavy atom. The molecule has 1 aromatic carbocycles. The summed E-state index contributed by atoms with van der Waals surface area (Å²) < 4.78 is 8.03. The highest BCUT2D eigenvalue weighted by Crippen LogP contribution is 2.39. The highest BCUT2D eigenvalue weighted by atomic mass is 79.9. The van der Waals surface area contributed by atoms with Crippen molar-refractivity contribution in [3.8, 4) is 0 Å². The van der Waals surface area contributed by atoms with Crippen molar-refractivity contribution in [1.29, 1.82) is 0 Å². The van der Waals surface area contributed by atoms with Gasteiger partial charge in [0, 0.05) is 23.2 Å². The largest absolute Gasteiger partial charge is 0.461 e. The fraction of sp³-hybridized carbons (Fsp3) is 0.400. The minimum Gasteiger partial charge on any atom is -0.461 e. The molecule has 0 saturated heterocycles. The van der Waals surface area contributed by atoms with Crippen LogP contribution in [0.1, 0.15) is 74.7 Å². The van der Waals surface area contributed by atoms with Crippen molar-refractivity contribution in [1.82, 2.24) is 14.5 Å². The maximum absolute atomic E-state index is 13.0. The number of ether oxygens (including phenoxy) is 1. The molecule has 0 aliphatic carbocycles. The molecule has 0 fully saturated rings. The van der Waals surface area contributed by atoms with E-state index in [9.17, 15) is 4.79 Å².